The highest BCUT2D eigenvalue weighted by Gasteiger charge is 2.14. The molecule has 1 amide bonds. The Kier molecular flexibility index (Phi) is 5.13. The highest BCUT2D eigenvalue weighted by molar-refractivity contribution is 7.19. The number of hydrogen-bond acceptors (Lipinski definition) is 5. The predicted octanol–water partition coefficient (Wildman–Crippen LogP) is 5.13. The van der Waals surface area contributed by atoms with Gasteiger partial charge in [0.2, 0.25) is 0 Å². The molecular weight excluding hydrogens is 386 g/mol. The average molecular weight is 401 g/mol. The number of thiazole rings is 1. The molecule has 0 aliphatic rings. The lowest BCUT2D eigenvalue weighted by atomic mass is 10.1. The van der Waals surface area contributed by atoms with Crippen LogP contribution >= 0.6 is 11.3 Å². The number of non-ortho nitro benzene ring substituents is 1. The second kappa shape index (κ2) is 8.04. The normalized spacial score (nSPS) is 11.4. The van der Waals surface area contributed by atoms with Crippen molar-refractivity contribution < 1.29 is 9.72 Å². The van der Waals surface area contributed by atoms with Crippen molar-refractivity contribution in [2.45, 2.75) is 0 Å². The summed E-state index contributed by atoms with van der Waals surface area (Å²) in [6, 6.07) is 22.8. The van der Waals surface area contributed by atoms with E-state index in [2.05, 4.69) is 10.3 Å². The summed E-state index contributed by atoms with van der Waals surface area (Å²) in [4.78, 5) is 27.8. The SMILES string of the molecule is O=C(N/C(=C/c1ccc([N+](=O)[O-])cc1)c1nc2ccccc2s1)c1ccccc1. The molecule has 6 nitrogen and oxygen atoms in total. The van der Waals surface area contributed by atoms with Crippen molar-refractivity contribution in [1.82, 2.24) is 10.3 Å². The van der Waals surface area contributed by atoms with Crippen LogP contribution in [0.15, 0.2) is 78.9 Å². The zero-order valence-electron chi connectivity index (χ0n) is 15.1. The standard InChI is InChI=1S/C22H15N3O3S/c26-21(16-6-2-1-3-7-16)23-19(14-15-10-12-17(13-11-15)25(27)28)22-24-18-8-4-5-9-20(18)29-22/h1-14H,(H,23,26)/b19-14+. The Labute approximate surface area is 170 Å². The fourth-order valence-electron chi connectivity index (χ4n) is 2.78. The van der Waals surface area contributed by atoms with Crippen LogP contribution in [-0.4, -0.2) is 15.8 Å². The smallest absolute Gasteiger partial charge is 0.269 e. The van der Waals surface area contributed by atoms with Crippen molar-refractivity contribution in [2.24, 2.45) is 0 Å². The van der Waals surface area contributed by atoms with E-state index in [0.717, 1.165) is 15.8 Å². The lowest BCUT2D eigenvalue weighted by Crippen LogP contribution is -2.21. The number of fused-ring (bicyclic) bond motifs is 1. The van der Waals surface area contributed by atoms with Crippen molar-refractivity contribution in [2.75, 3.05) is 0 Å². The summed E-state index contributed by atoms with van der Waals surface area (Å²) in [5.41, 5.74) is 2.64. The molecule has 142 valence electrons. The molecule has 0 aliphatic carbocycles. The van der Waals surface area contributed by atoms with Crippen molar-refractivity contribution in [3.05, 3.63) is 105 Å². The summed E-state index contributed by atoms with van der Waals surface area (Å²) in [6.07, 6.45) is 1.77. The fraction of sp³-hybridized carbons (Fsp3) is 0. The van der Waals surface area contributed by atoms with E-state index >= 15 is 0 Å². The molecule has 0 atom stereocenters. The number of carbonyl (C=O) groups is 1. The van der Waals surface area contributed by atoms with E-state index in [1.54, 1.807) is 42.5 Å². The number of carbonyl (C=O) groups excluding carboxylic acids is 1. The topological polar surface area (TPSA) is 85.1 Å². The summed E-state index contributed by atoms with van der Waals surface area (Å²) in [6.45, 7) is 0. The van der Waals surface area contributed by atoms with Crippen LogP contribution in [0.2, 0.25) is 0 Å². The molecule has 1 heterocycles. The van der Waals surface area contributed by atoms with Gasteiger partial charge in [-0.15, -0.1) is 11.3 Å². The van der Waals surface area contributed by atoms with Gasteiger partial charge < -0.3 is 5.32 Å². The number of benzene rings is 3. The van der Waals surface area contributed by atoms with Crippen LogP contribution in [-0.2, 0) is 0 Å². The molecule has 0 fully saturated rings. The molecule has 4 rings (SSSR count). The molecule has 0 unspecified atom stereocenters. The molecule has 1 aromatic heterocycles. The third-order valence-electron chi connectivity index (χ3n) is 4.22. The van der Waals surface area contributed by atoms with Gasteiger partial charge in [0.15, 0.2) is 0 Å². The third-order valence-corrected chi connectivity index (χ3v) is 5.29. The second-order valence-electron chi connectivity index (χ2n) is 6.21. The van der Waals surface area contributed by atoms with Crippen LogP contribution in [0.1, 0.15) is 20.9 Å². The molecule has 0 spiro atoms. The number of para-hydroxylation sites is 1. The monoisotopic (exact) mass is 401 g/mol. The number of nitrogens with zero attached hydrogens (tertiary/aromatic N) is 2. The first kappa shape index (κ1) is 18.5. The molecule has 0 saturated carbocycles. The molecule has 0 aliphatic heterocycles. The lowest BCUT2D eigenvalue weighted by molar-refractivity contribution is -0.384. The van der Waals surface area contributed by atoms with E-state index < -0.39 is 4.92 Å². The fourth-order valence-corrected chi connectivity index (χ4v) is 3.72. The summed E-state index contributed by atoms with van der Waals surface area (Å²) >= 11 is 1.47. The van der Waals surface area contributed by atoms with Gasteiger partial charge in [0, 0.05) is 17.7 Å². The number of aromatic nitrogens is 1. The van der Waals surface area contributed by atoms with Gasteiger partial charge in [0.1, 0.15) is 5.01 Å². The molecule has 0 bridgehead atoms. The average Bonchev–Trinajstić information content (AvgIpc) is 3.18. The Morgan fingerprint density at radius 2 is 1.66 bits per heavy atom. The molecule has 0 saturated heterocycles. The highest BCUT2D eigenvalue weighted by Crippen LogP contribution is 2.27. The molecule has 0 radical (unpaired) electrons. The van der Waals surface area contributed by atoms with Crippen molar-refractivity contribution >= 4 is 44.9 Å². The zero-order chi connectivity index (χ0) is 20.2. The first-order valence-electron chi connectivity index (χ1n) is 8.79. The van der Waals surface area contributed by atoms with E-state index in [1.807, 2.05) is 30.3 Å². The number of amides is 1. The Morgan fingerprint density at radius 1 is 0.966 bits per heavy atom. The van der Waals surface area contributed by atoms with Crippen molar-refractivity contribution in [1.29, 1.82) is 0 Å². The number of hydrogen-bond donors (Lipinski definition) is 1. The van der Waals surface area contributed by atoms with Crippen molar-refractivity contribution in [3.8, 4) is 0 Å². The molecule has 7 heteroatoms. The van der Waals surface area contributed by atoms with E-state index in [4.69, 9.17) is 0 Å². The van der Waals surface area contributed by atoms with Gasteiger partial charge in [0.05, 0.1) is 20.8 Å². The van der Waals surface area contributed by atoms with Crippen LogP contribution in [0.3, 0.4) is 0 Å². The maximum Gasteiger partial charge on any atom is 0.269 e. The third kappa shape index (κ3) is 4.20. The maximum atomic E-state index is 12.7. The largest absolute Gasteiger partial charge is 0.319 e. The summed E-state index contributed by atoms with van der Waals surface area (Å²) in [5, 5.41) is 14.5. The second-order valence-corrected chi connectivity index (χ2v) is 7.24. The molecular formula is C22H15N3O3S. The predicted molar refractivity (Wildman–Crippen MR) is 114 cm³/mol. The quantitative estimate of drug-likeness (QED) is 0.371. The maximum absolute atomic E-state index is 12.7. The molecule has 29 heavy (non-hydrogen) atoms. The minimum atomic E-state index is -0.445. The van der Waals surface area contributed by atoms with Crippen LogP contribution in [0, 0.1) is 10.1 Å². The number of nitro benzene ring substituents is 1. The molecule has 4 aromatic rings. The van der Waals surface area contributed by atoms with Gasteiger partial charge in [-0.1, -0.05) is 30.3 Å². The van der Waals surface area contributed by atoms with Crippen LogP contribution in [0.25, 0.3) is 22.0 Å². The van der Waals surface area contributed by atoms with Gasteiger partial charge in [-0.25, -0.2) is 4.98 Å². The van der Waals surface area contributed by atoms with Crippen LogP contribution < -0.4 is 5.32 Å². The Balaban J connectivity index is 1.73. The Bertz CT molecular complexity index is 1180. The first-order valence-corrected chi connectivity index (χ1v) is 9.60. The molecule has 3 aromatic carbocycles. The van der Waals surface area contributed by atoms with E-state index in [0.29, 0.717) is 16.3 Å². The Morgan fingerprint density at radius 3 is 2.34 bits per heavy atom. The number of nitro groups is 1. The number of nitrogens with one attached hydrogen (secondary N) is 1. The lowest BCUT2D eigenvalue weighted by Gasteiger charge is -2.08. The minimum absolute atomic E-state index is 0.0111. The van der Waals surface area contributed by atoms with E-state index in [1.165, 1.54) is 23.5 Å². The summed E-state index contributed by atoms with van der Waals surface area (Å²) < 4.78 is 1.01. The Hall–Kier alpha value is -3.84. The van der Waals surface area contributed by atoms with Gasteiger partial charge in [-0.2, -0.15) is 0 Å². The van der Waals surface area contributed by atoms with Crippen molar-refractivity contribution in [3.63, 3.8) is 0 Å². The first-order chi connectivity index (χ1) is 14.1. The van der Waals surface area contributed by atoms with Gasteiger partial charge >= 0.3 is 0 Å². The molecule has 1 N–H and O–H groups in total. The highest BCUT2D eigenvalue weighted by atomic mass is 32.1. The zero-order valence-corrected chi connectivity index (χ0v) is 15.9. The minimum Gasteiger partial charge on any atom is -0.319 e. The summed E-state index contributed by atoms with van der Waals surface area (Å²) in [5.74, 6) is -0.252. The summed E-state index contributed by atoms with van der Waals surface area (Å²) in [7, 11) is 0. The van der Waals surface area contributed by atoms with E-state index in [9.17, 15) is 14.9 Å². The van der Waals surface area contributed by atoms with E-state index in [-0.39, 0.29) is 11.6 Å². The van der Waals surface area contributed by atoms with Crippen LogP contribution in [0.4, 0.5) is 5.69 Å². The van der Waals surface area contributed by atoms with Gasteiger partial charge in [0.25, 0.3) is 11.6 Å². The van der Waals surface area contributed by atoms with Gasteiger partial charge in [-0.05, 0) is 48.0 Å². The van der Waals surface area contributed by atoms with Crippen LogP contribution in [0.5, 0.6) is 0 Å². The number of rotatable bonds is 5. The van der Waals surface area contributed by atoms with Gasteiger partial charge in [-0.3, -0.25) is 14.9 Å².